The summed E-state index contributed by atoms with van der Waals surface area (Å²) in [6.07, 6.45) is 0.586. The quantitative estimate of drug-likeness (QED) is 0.675. The van der Waals surface area contributed by atoms with Gasteiger partial charge in [0.15, 0.2) is 11.6 Å². The second-order valence-electron chi connectivity index (χ2n) is 6.38. The number of nitrogens with zero attached hydrogens (tertiary/aromatic N) is 2. The molecule has 22 heavy (non-hydrogen) atoms. The van der Waals surface area contributed by atoms with Crippen LogP contribution in [0.25, 0.3) is 0 Å². The van der Waals surface area contributed by atoms with Crippen LogP contribution in [0.2, 0.25) is 0 Å². The summed E-state index contributed by atoms with van der Waals surface area (Å²) in [6, 6.07) is 0. The number of ketones is 2. The van der Waals surface area contributed by atoms with E-state index in [-0.39, 0.29) is 17.3 Å². The lowest BCUT2D eigenvalue weighted by Gasteiger charge is -2.47. The first-order chi connectivity index (χ1) is 9.97. The van der Waals surface area contributed by atoms with Crippen LogP contribution < -0.4 is 0 Å². The summed E-state index contributed by atoms with van der Waals surface area (Å²) in [4.78, 5) is 26.1. The fourth-order valence-electron chi connectivity index (χ4n) is 1.50. The molecule has 0 N–H and O–H groups in total. The molecule has 0 atom stereocenters. The highest BCUT2D eigenvalue weighted by atomic mass is 16.6. The van der Waals surface area contributed by atoms with Gasteiger partial charge in [0, 0.05) is 13.0 Å². The zero-order chi connectivity index (χ0) is 17.5. The molecule has 0 aromatic heterocycles. The van der Waals surface area contributed by atoms with Gasteiger partial charge in [-0.15, -0.1) is 0 Å². The third-order valence-electron chi connectivity index (χ3n) is 3.41. The summed E-state index contributed by atoms with van der Waals surface area (Å²) in [5.74, 6) is 0.250. The van der Waals surface area contributed by atoms with E-state index in [1.807, 2.05) is 37.7 Å². The molecule has 0 aliphatic carbocycles. The SMILES string of the molecule is C=C(C)C(=O)CCN(C)C.C=C(C)C(=O)CN1COC1(C)C. The smallest absolute Gasteiger partial charge is 0.172 e. The Kier molecular flexibility index (Phi) is 8.45. The highest BCUT2D eigenvalue weighted by molar-refractivity contribution is 5.95. The second kappa shape index (κ2) is 8.98. The standard InChI is InChI=1S/C9H15NO2.C8H15NO/c1-7(2)8(11)5-10-6-12-9(10,3)4;1-7(2)8(10)5-6-9(3)4/h1,5-6H2,2-4H3;1,5-6H2,2-4H3. The Labute approximate surface area is 134 Å². The topological polar surface area (TPSA) is 49.9 Å². The minimum absolute atomic E-state index is 0.0892. The van der Waals surface area contributed by atoms with Crippen molar-refractivity contribution < 1.29 is 14.3 Å². The Morgan fingerprint density at radius 1 is 1.14 bits per heavy atom. The number of carbonyl (C=O) groups excluding carboxylic acids is 2. The Morgan fingerprint density at radius 3 is 1.91 bits per heavy atom. The summed E-state index contributed by atoms with van der Waals surface area (Å²) in [6.45, 7) is 16.3. The molecule has 126 valence electrons. The summed E-state index contributed by atoms with van der Waals surface area (Å²) in [5.41, 5.74) is 0.991. The molecule has 0 amide bonds. The Morgan fingerprint density at radius 2 is 1.64 bits per heavy atom. The maximum Gasteiger partial charge on any atom is 0.172 e. The van der Waals surface area contributed by atoms with Crippen molar-refractivity contribution >= 4 is 11.6 Å². The first kappa shape index (κ1) is 20.7. The van der Waals surface area contributed by atoms with E-state index in [1.54, 1.807) is 13.8 Å². The maximum absolute atomic E-state index is 11.2. The van der Waals surface area contributed by atoms with Crippen LogP contribution in [0.5, 0.6) is 0 Å². The molecule has 0 aromatic rings. The number of allylic oxidation sites excluding steroid dienone is 1. The molecule has 0 radical (unpaired) electrons. The predicted molar refractivity (Wildman–Crippen MR) is 89.6 cm³/mol. The largest absolute Gasteiger partial charge is 0.345 e. The molecule has 0 spiro atoms. The maximum atomic E-state index is 11.2. The third kappa shape index (κ3) is 7.64. The van der Waals surface area contributed by atoms with E-state index in [9.17, 15) is 9.59 Å². The predicted octanol–water partition coefficient (Wildman–Crippen LogP) is 2.24. The number of carbonyl (C=O) groups is 2. The van der Waals surface area contributed by atoms with Gasteiger partial charge < -0.3 is 9.64 Å². The highest BCUT2D eigenvalue weighted by Gasteiger charge is 2.37. The van der Waals surface area contributed by atoms with E-state index >= 15 is 0 Å². The number of ether oxygens (including phenoxy) is 1. The average Bonchev–Trinajstić information content (AvgIpc) is 2.40. The fraction of sp³-hybridized carbons (Fsp3) is 0.647. The molecule has 5 heteroatoms. The van der Waals surface area contributed by atoms with E-state index < -0.39 is 0 Å². The van der Waals surface area contributed by atoms with Crippen molar-refractivity contribution in [2.24, 2.45) is 0 Å². The van der Waals surface area contributed by atoms with Crippen LogP contribution in [0.15, 0.2) is 24.3 Å². The van der Waals surface area contributed by atoms with Crippen LogP contribution in [0.1, 0.15) is 34.1 Å². The minimum atomic E-state index is -0.273. The normalized spacial score (nSPS) is 16.3. The number of Topliss-reactive ketones (excluding diaryl/α,β-unsaturated/α-hetero) is 2. The highest BCUT2D eigenvalue weighted by Crippen LogP contribution is 2.25. The van der Waals surface area contributed by atoms with Gasteiger partial charge in [-0.3, -0.25) is 9.59 Å². The second-order valence-corrected chi connectivity index (χ2v) is 6.38. The summed E-state index contributed by atoms with van der Waals surface area (Å²) >= 11 is 0. The first-order valence-electron chi connectivity index (χ1n) is 7.38. The van der Waals surface area contributed by atoms with Crippen molar-refractivity contribution in [2.75, 3.05) is 33.9 Å². The Bertz CT molecular complexity index is 439. The molecular formula is C17H30N2O3. The molecule has 0 unspecified atom stereocenters. The van der Waals surface area contributed by atoms with Crippen LogP contribution in [0.3, 0.4) is 0 Å². The van der Waals surface area contributed by atoms with Gasteiger partial charge in [0.2, 0.25) is 0 Å². The van der Waals surface area contributed by atoms with Crippen molar-refractivity contribution in [2.45, 2.75) is 39.8 Å². The molecule has 1 saturated heterocycles. The van der Waals surface area contributed by atoms with E-state index in [1.165, 1.54) is 0 Å². The molecular weight excluding hydrogens is 280 g/mol. The van der Waals surface area contributed by atoms with Gasteiger partial charge in [0.05, 0.1) is 6.54 Å². The van der Waals surface area contributed by atoms with Gasteiger partial charge >= 0.3 is 0 Å². The van der Waals surface area contributed by atoms with Gasteiger partial charge in [-0.2, -0.15) is 0 Å². The molecule has 0 aromatic carbocycles. The van der Waals surface area contributed by atoms with Gasteiger partial charge in [-0.1, -0.05) is 13.2 Å². The number of hydrogen-bond donors (Lipinski definition) is 0. The Balaban J connectivity index is 0.000000409. The third-order valence-corrected chi connectivity index (χ3v) is 3.41. The van der Waals surface area contributed by atoms with Crippen LogP contribution in [0.4, 0.5) is 0 Å². The Hall–Kier alpha value is -1.30. The van der Waals surface area contributed by atoms with Crippen molar-refractivity contribution in [3.05, 3.63) is 24.3 Å². The van der Waals surface area contributed by atoms with Gasteiger partial charge in [-0.05, 0) is 52.9 Å². The number of hydrogen-bond acceptors (Lipinski definition) is 5. The molecule has 1 rings (SSSR count). The lowest BCUT2D eigenvalue weighted by atomic mass is 10.1. The lowest BCUT2D eigenvalue weighted by Crippen LogP contribution is -2.59. The van der Waals surface area contributed by atoms with E-state index in [0.29, 0.717) is 30.8 Å². The zero-order valence-corrected chi connectivity index (χ0v) is 14.9. The van der Waals surface area contributed by atoms with Crippen molar-refractivity contribution in [3.63, 3.8) is 0 Å². The summed E-state index contributed by atoms with van der Waals surface area (Å²) in [5, 5.41) is 0. The number of rotatable bonds is 7. The van der Waals surface area contributed by atoms with Crippen molar-refractivity contribution in [3.8, 4) is 0 Å². The summed E-state index contributed by atoms with van der Waals surface area (Å²) < 4.78 is 5.26. The van der Waals surface area contributed by atoms with Crippen molar-refractivity contribution in [1.82, 2.24) is 9.80 Å². The monoisotopic (exact) mass is 310 g/mol. The lowest BCUT2D eigenvalue weighted by molar-refractivity contribution is -0.277. The average molecular weight is 310 g/mol. The summed E-state index contributed by atoms with van der Waals surface area (Å²) in [7, 11) is 3.90. The van der Waals surface area contributed by atoms with Crippen LogP contribution in [-0.4, -0.2) is 61.0 Å². The van der Waals surface area contributed by atoms with Gasteiger partial charge in [-0.25, -0.2) is 4.90 Å². The molecule has 0 saturated carbocycles. The molecule has 1 aliphatic heterocycles. The molecule has 1 aliphatic rings. The van der Waals surface area contributed by atoms with Crippen LogP contribution in [0, 0.1) is 0 Å². The van der Waals surface area contributed by atoms with Crippen LogP contribution >= 0.6 is 0 Å². The van der Waals surface area contributed by atoms with E-state index in [2.05, 4.69) is 13.2 Å². The van der Waals surface area contributed by atoms with E-state index in [0.717, 1.165) is 6.54 Å². The van der Waals surface area contributed by atoms with Gasteiger partial charge in [0.1, 0.15) is 12.5 Å². The zero-order valence-electron chi connectivity index (χ0n) is 14.9. The first-order valence-corrected chi connectivity index (χ1v) is 7.38. The molecule has 5 nitrogen and oxygen atoms in total. The van der Waals surface area contributed by atoms with E-state index in [4.69, 9.17) is 4.74 Å². The fourth-order valence-corrected chi connectivity index (χ4v) is 1.50. The van der Waals surface area contributed by atoms with Crippen molar-refractivity contribution in [1.29, 1.82) is 0 Å². The molecule has 1 heterocycles. The molecule has 1 fully saturated rings. The van der Waals surface area contributed by atoms with Gasteiger partial charge in [0.25, 0.3) is 0 Å². The van der Waals surface area contributed by atoms with Crippen LogP contribution in [-0.2, 0) is 14.3 Å². The molecule has 0 bridgehead atoms. The minimum Gasteiger partial charge on any atom is -0.345 e.